The Morgan fingerprint density at radius 1 is 0.492 bits per heavy atom. The summed E-state index contributed by atoms with van der Waals surface area (Å²) >= 11 is 0. The molecule has 0 aromatic rings. The van der Waals surface area contributed by atoms with Crippen LogP contribution in [0.2, 0.25) is 0 Å². The van der Waals surface area contributed by atoms with Gasteiger partial charge in [0.15, 0.2) is 6.10 Å². The number of hydrogen-bond acceptors (Lipinski definition) is 7. The number of carboxylic acid groups (broad SMARTS) is 1. The Labute approximate surface area is 377 Å². The van der Waals surface area contributed by atoms with Gasteiger partial charge in [-0.2, -0.15) is 0 Å². The fraction of sp³-hybridized carbons (Fsp3) is 0.868. The fourth-order valence-electron chi connectivity index (χ4n) is 7.83. The number of esters is 2. The average Bonchev–Trinajstić information content (AvgIpc) is 3.22. The van der Waals surface area contributed by atoms with Crippen molar-refractivity contribution in [3.63, 3.8) is 0 Å². The van der Waals surface area contributed by atoms with Crippen LogP contribution in [0.15, 0.2) is 24.3 Å². The van der Waals surface area contributed by atoms with Crippen molar-refractivity contribution in [2.45, 2.75) is 257 Å². The van der Waals surface area contributed by atoms with Crippen LogP contribution in [0.1, 0.15) is 245 Å². The number of unbranched alkanes of at least 4 members (excludes halogenated alkanes) is 30. The molecule has 0 aromatic heterocycles. The molecule has 0 saturated carbocycles. The van der Waals surface area contributed by atoms with E-state index in [-0.39, 0.29) is 42.7 Å². The highest BCUT2D eigenvalue weighted by molar-refractivity contribution is 5.70. The summed E-state index contributed by atoms with van der Waals surface area (Å²) in [4.78, 5) is 37.0. The van der Waals surface area contributed by atoms with E-state index in [1.807, 2.05) is 0 Å². The van der Waals surface area contributed by atoms with Gasteiger partial charge in [-0.25, -0.2) is 0 Å². The molecular weight excluding hydrogens is 763 g/mol. The van der Waals surface area contributed by atoms with Crippen LogP contribution in [0.4, 0.5) is 0 Å². The predicted octanol–water partition coefficient (Wildman–Crippen LogP) is 13.5. The number of carbonyl (C=O) groups is 3. The molecule has 2 unspecified atom stereocenters. The van der Waals surface area contributed by atoms with Gasteiger partial charge in [0.2, 0.25) is 0 Å². The summed E-state index contributed by atoms with van der Waals surface area (Å²) in [5, 5.41) is 11.7. The monoisotopic (exact) mass is 862 g/mol. The van der Waals surface area contributed by atoms with Crippen LogP contribution >= 0.6 is 0 Å². The zero-order valence-electron chi connectivity index (χ0n) is 40.8. The maximum absolute atomic E-state index is 12.8. The summed E-state index contributed by atoms with van der Waals surface area (Å²) in [6.45, 7) is 4.66. The molecule has 0 saturated heterocycles. The number of ether oxygens (including phenoxy) is 3. The Hall–Kier alpha value is -2.19. The van der Waals surface area contributed by atoms with Gasteiger partial charge in [0, 0.05) is 19.3 Å². The van der Waals surface area contributed by atoms with E-state index in [1.54, 1.807) is 21.1 Å². The molecule has 0 aromatic carbocycles. The largest absolute Gasteiger partial charge is 0.544 e. The maximum Gasteiger partial charge on any atom is 0.306 e. The topological polar surface area (TPSA) is 102 Å². The van der Waals surface area contributed by atoms with Gasteiger partial charge < -0.3 is 28.6 Å². The first-order valence-electron chi connectivity index (χ1n) is 25.9. The number of likely N-dealkylation sites (N-methyl/N-ethyl adjacent to an activating group) is 1. The second kappa shape index (κ2) is 44.4. The number of aliphatic carboxylic acids is 1. The Bertz CT molecular complexity index is 1050. The van der Waals surface area contributed by atoms with Crippen molar-refractivity contribution >= 4 is 17.9 Å². The normalized spacial score (nSPS) is 13.0. The highest BCUT2D eigenvalue weighted by Crippen LogP contribution is 2.17. The van der Waals surface area contributed by atoms with Crippen LogP contribution in [0.25, 0.3) is 0 Å². The molecule has 0 fully saturated rings. The highest BCUT2D eigenvalue weighted by Gasteiger charge is 2.25. The SMILES string of the molecule is CCCCC/C=C/C=C/CCCCCCCCC(=O)OC(COCCC(C(=O)[O-])[N+](C)(C)C)COC(=O)CCCCCCCCCCCCCCCCCCCCCCCC. The number of hydrogen-bond donors (Lipinski definition) is 0. The second-order valence-corrected chi connectivity index (χ2v) is 18.8. The minimum absolute atomic E-state index is 0.0401. The zero-order valence-corrected chi connectivity index (χ0v) is 40.8. The van der Waals surface area contributed by atoms with Crippen LogP contribution in [0.3, 0.4) is 0 Å². The smallest absolute Gasteiger partial charge is 0.306 e. The van der Waals surface area contributed by atoms with Crippen molar-refractivity contribution < 1.29 is 38.2 Å². The summed E-state index contributed by atoms with van der Waals surface area (Å²) in [5.41, 5.74) is 0. The van der Waals surface area contributed by atoms with Crippen molar-refractivity contribution in [2.24, 2.45) is 0 Å². The van der Waals surface area contributed by atoms with Crippen molar-refractivity contribution in [2.75, 3.05) is 41.0 Å². The summed E-state index contributed by atoms with van der Waals surface area (Å²) in [7, 11) is 5.42. The van der Waals surface area contributed by atoms with E-state index >= 15 is 0 Å². The Balaban J connectivity index is 4.18. The molecule has 0 radical (unpaired) electrons. The molecule has 0 aliphatic heterocycles. The number of quaternary nitrogens is 1. The quantitative estimate of drug-likeness (QED) is 0.0260. The fourth-order valence-corrected chi connectivity index (χ4v) is 7.83. The van der Waals surface area contributed by atoms with Gasteiger partial charge in [0.25, 0.3) is 0 Å². The van der Waals surface area contributed by atoms with Crippen molar-refractivity contribution in [1.29, 1.82) is 0 Å². The average molecular weight is 862 g/mol. The predicted molar refractivity (Wildman–Crippen MR) is 254 cm³/mol. The molecule has 0 spiro atoms. The summed E-state index contributed by atoms with van der Waals surface area (Å²) in [6.07, 6.45) is 50.7. The second-order valence-electron chi connectivity index (χ2n) is 18.8. The van der Waals surface area contributed by atoms with Crippen LogP contribution < -0.4 is 5.11 Å². The Morgan fingerprint density at radius 2 is 0.852 bits per heavy atom. The third-order valence-electron chi connectivity index (χ3n) is 11.9. The van der Waals surface area contributed by atoms with E-state index in [2.05, 4.69) is 38.2 Å². The van der Waals surface area contributed by atoms with E-state index < -0.39 is 18.1 Å². The van der Waals surface area contributed by atoms with Crippen LogP contribution in [-0.2, 0) is 28.6 Å². The van der Waals surface area contributed by atoms with Gasteiger partial charge in [-0.15, -0.1) is 0 Å². The molecule has 0 heterocycles. The van der Waals surface area contributed by atoms with Gasteiger partial charge in [0.1, 0.15) is 12.6 Å². The van der Waals surface area contributed by atoms with E-state index in [1.165, 1.54) is 154 Å². The first kappa shape index (κ1) is 58.8. The molecular formula is C53H99NO7. The van der Waals surface area contributed by atoms with E-state index in [9.17, 15) is 19.5 Å². The molecule has 0 aliphatic rings. The molecule has 8 nitrogen and oxygen atoms in total. The summed E-state index contributed by atoms with van der Waals surface area (Å²) in [5.74, 6) is -1.73. The summed E-state index contributed by atoms with van der Waals surface area (Å²) < 4.78 is 17.2. The van der Waals surface area contributed by atoms with Crippen molar-refractivity contribution in [1.82, 2.24) is 0 Å². The van der Waals surface area contributed by atoms with Crippen LogP contribution in [0, 0.1) is 0 Å². The lowest BCUT2D eigenvalue weighted by molar-refractivity contribution is -0.889. The van der Waals surface area contributed by atoms with Gasteiger partial charge in [-0.3, -0.25) is 9.59 Å². The van der Waals surface area contributed by atoms with Gasteiger partial charge >= 0.3 is 11.9 Å². The Morgan fingerprint density at radius 3 is 1.26 bits per heavy atom. The number of carboxylic acids is 1. The standard InChI is InChI=1S/C53H99NO7/c1-6-8-10-12-14-16-18-20-22-23-24-25-26-27-28-30-31-33-35-37-39-41-43-51(55)60-48-49(47-59-46-45-50(53(57)58)54(3,4)5)61-52(56)44-42-40-38-36-34-32-29-21-19-17-15-13-11-9-7-2/h15,17,19,21,49-50H,6-14,16,18,20,22-48H2,1-5H3/b17-15+,21-19+. The van der Waals surface area contributed by atoms with Gasteiger partial charge in [0.05, 0.1) is 40.3 Å². The van der Waals surface area contributed by atoms with Crippen LogP contribution in [-0.4, -0.2) is 75.5 Å². The Kier molecular flexibility index (Phi) is 42.8. The number of rotatable bonds is 47. The molecule has 0 aliphatic carbocycles. The molecule has 358 valence electrons. The first-order chi connectivity index (χ1) is 29.6. The minimum atomic E-state index is -1.12. The zero-order chi connectivity index (χ0) is 44.9. The van der Waals surface area contributed by atoms with Gasteiger partial charge in [-0.1, -0.05) is 212 Å². The lowest BCUT2D eigenvalue weighted by Crippen LogP contribution is -2.55. The third kappa shape index (κ3) is 42.9. The molecule has 2 atom stereocenters. The third-order valence-corrected chi connectivity index (χ3v) is 11.9. The number of carbonyl (C=O) groups excluding carboxylic acids is 3. The van der Waals surface area contributed by atoms with Crippen molar-refractivity contribution in [3.05, 3.63) is 24.3 Å². The molecule has 0 amide bonds. The van der Waals surface area contributed by atoms with Gasteiger partial charge in [-0.05, 0) is 38.5 Å². The maximum atomic E-state index is 12.8. The molecule has 8 heteroatoms. The molecule has 0 rings (SSSR count). The minimum Gasteiger partial charge on any atom is -0.544 e. The highest BCUT2D eigenvalue weighted by atomic mass is 16.6. The first-order valence-corrected chi connectivity index (χ1v) is 25.9. The van der Waals surface area contributed by atoms with E-state index in [4.69, 9.17) is 14.2 Å². The van der Waals surface area contributed by atoms with Crippen molar-refractivity contribution in [3.8, 4) is 0 Å². The molecule has 61 heavy (non-hydrogen) atoms. The molecule has 0 N–H and O–H groups in total. The molecule has 0 bridgehead atoms. The van der Waals surface area contributed by atoms with E-state index in [0.717, 1.165) is 57.8 Å². The summed E-state index contributed by atoms with van der Waals surface area (Å²) in [6, 6.07) is -0.726. The number of allylic oxidation sites excluding steroid dienone is 4. The lowest BCUT2D eigenvalue weighted by atomic mass is 10.0. The number of nitrogens with zero attached hydrogens (tertiary/aromatic N) is 1. The lowest BCUT2D eigenvalue weighted by Gasteiger charge is -2.34. The van der Waals surface area contributed by atoms with Crippen LogP contribution in [0.5, 0.6) is 0 Å². The van der Waals surface area contributed by atoms with E-state index in [0.29, 0.717) is 12.8 Å².